The van der Waals surface area contributed by atoms with Crippen LogP contribution in [0.4, 0.5) is 11.6 Å². The molecule has 3 heterocycles. The maximum atomic E-state index is 9.99. The molecule has 1 saturated carbocycles. The van der Waals surface area contributed by atoms with E-state index < -0.39 is 6.10 Å². The minimum atomic E-state index is -0.457. The first-order valence-corrected chi connectivity index (χ1v) is 9.43. The Morgan fingerprint density at radius 1 is 1.46 bits per heavy atom. The van der Waals surface area contributed by atoms with E-state index in [1.54, 1.807) is 6.20 Å². The van der Waals surface area contributed by atoms with Gasteiger partial charge in [-0.25, -0.2) is 9.97 Å². The third-order valence-corrected chi connectivity index (χ3v) is 5.55. The van der Waals surface area contributed by atoms with Gasteiger partial charge in [0, 0.05) is 28.8 Å². The summed E-state index contributed by atoms with van der Waals surface area (Å²) in [6.07, 6.45) is 9.85. The average Bonchev–Trinajstić information content (AvgIpc) is 3.21. The van der Waals surface area contributed by atoms with Gasteiger partial charge in [0.15, 0.2) is 17.5 Å². The van der Waals surface area contributed by atoms with Gasteiger partial charge in [0.1, 0.15) is 0 Å². The number of aromatic amines is 1. The van der Waals surface area contributed by atoms with Crippen LogP contribution in [-0.2, 0) is 0 Å². The molecule has 132 valence electrons. The van der Waals surface area contributed by atoms with E-state index in [9.17, 15) is 5.11 Å². The highest BCUT2D eigenvalue weighted by Gasteiger charge is 2.25. The van der Waals surface area contributed by atoms with E-state index in [0.717, 1.165) is 15.4 Å². The second-order valence-corrected chi connectivity index (χ2v) is 7.45. The van der Waals surface area contributed by atoms with Gasteiger partial charge >= 0.3 is 0 Å². The first-order chi connectivity index (χ1) is 12.7. The Morgan fingerprint density at radius 3 is 3.04 bits per heavy atom. The molecule has 0 aromatic carbocycles. The standard InChI is InChI=1S/C19H19N5OS/c1-3-11-10-20-19(16-8-7-15(26-16)14(25)4-2)22-18(11)21-17-9-13(23-24-17)12-5-6-12/h1,7-10,12,14,25H,4-6H2,2H3,(H2,20,21,22,23,24)/t14-/m1/s1. The molecule has 0 unspecified atom stereocenters. The molecule has 3 aromatic rings. The number of aromatic nitrogens is 4. The number of anilines is 2. The van der Waals surface area contributed by atoms with Crippen molar-refractivity contribution in [3.63, 3.8) is 0 Å². The van der Waals surface area contributed by atoms with Crippen LogP contribution in [0, 0.1) is 12.3 Å². The number of aliphatic hydroxyl groups excluding tert-OH is 1. The van der Waals surface area contributed by atoms with Gasteiger partial charge in [-0.05, 0) is 31.4 Å². The summed E-state index contributed by atoms with van der Waals surface area (Å²) in [7, 11) is 0. The van der Waals surface area contributed by atoms with Crippen LogP contribution in [-0.4, -0.2) is 25.3 Å². The van der Waals surface area contributed by atoms with Crippen molar-refractivity contribution < 1.29 is 5.11 Å². The van der Waals surface area contributed by atoms with Crippen molar-refractivity contribution in [2.75, 3.05) is 5.32 Å². The molecular formula is C19H19N5OS. The van der Waals surface area contributed by atoms with Gasteiger partial charge in [-0.15, -0.1) is 17.8 Å². The minimum absolute atomic E-state index is 0.457. The molecule has 1 aliphatic rings. The lowest BCUT2D eigenvalue weighted by atomic mass is 10.2. The van der Waals surface area contributed by atoms with Crippen molar-refractivity contribution in [3.8, 4) is 23.0 Å². The van der Waals surface area contributed by atoms with E-state index in [-0.39, 0.29) is 0 Å². The minimum Gasteiger partial charge on any atom is -0.388 e. The van der Waals surface area contributed by atoms with Crippen LogP contribution in [0.2, 0.25) is 0 Å². The highest BCUT2D eigenvalue weighted by atomic mass is 32.1. The van der Waals surface area contributed by atoms with E-state index >= 15 is 0 Å². The van der Waals surface area contributed by atoms with E-state index in [2.05, 4.69) is 31.4 Å². The summed E-state index contributed by atoms with van der Waals surface area (Å²) in [6.45, 7) is 1.95. The van der Waals surface area contributed by atoms with Crippen LogP contribution in [0.1, 0.15) is 54.3 Å². The molecule has 0 aliphatic heterocycles. The molecule has 1 fully saturated rings. The number of hydrogen-bond donors (Lipinski definition) is 3. The fraction of sp³-hybridized carbons (Fsp3) is 0.316. The lowest BCUT2D eigenvalue weighted by Crippen LogP contribution is -2.00. The Morgan fingerprint density at radius 2 is 2.31 bits per heavy atom. The zero-order valence-corrected chi connectivity index (χ0v) is 15.2. The summed E-state index contributed by atoms with van der Waals surface area (Å²) < 4.78 is 0. The van der Waals surface area contributed by atoms with Gasteiger partial charge in [-0.2, -0.15) is 5.10 Å². The molecule has 0 bridgehead atoms. The van der Waals surface area contributed by atoms with Gasteiger partial charge in [-0.1, -0.05) is 12.8 Å². The van der Waals surface area contributed by atoms with Crippen molar-refractivity contribution >= 4 is 23.0 Å². The predicted molar refractivity (Wildman–Crippen MR) is 102 cm³/mol. The monoisotopic (exact) mass is 365 g/mol. The number of terminal acetylenes is 1. The molecule has 4 rings (SSSR count). The smallest absolute Gasteiger partial charge is 0.171 e. The summed E-state index contributed by atoms with van der Waals surface area (Å²) in [5.74, 6) is 5.03. The maximum Gasteiger partial charge on any atom is 0.171 e. The summed E-state index contributed by atoms with van der Waals surface area (Å²) in [4.78, 5) is 10.8. The summed E-state index contributed by atoms with van der Waals surface area (Å²) in [6, 6.07) is 5.84. The molecule has 0 radical (unpaired) electrons. The summed E-state index contributed by atoms with van der Waals surface area (Å²) >= 11 is 1.49. The molecule has 1 aliphatic carbocycles. The van der Waals surface area contributed by atoms with Gasteiger partial charge in [0.05, 0.1) is 16.5 Å². The number of nitrogens with zero attached hydrogens (tertiary/aromatic N) is 3. The van der Waals surface area contributed by atoms with Gasteiger partial charge in [0.2, 0.25) is 0 Å². The van der Waals surface area contributed by atoms with Crippen molar-refractivity contribution in [2.24, 2.45) is 0 Å². The highest BCUT2D eigenvalue weighted by Crippen LogP contribution is 2.39. The molecular weight excluding hydrogens is 346 g/mol. The third-order valence-electron chi connectivity index (χ3n) is 4.37. The third kappa shape index (κ3) is 3.34. The average molecular weight is 365 g/mol. The number of hydrogen-bond acceptors (Lipinski definition) is 6. The van der Waals surface area contributed by atoms with Gasteiger partial charge in [0.25, 0.3) is 0 Å². The zero-order chi connectivity index (χ0) is 18.1. The second kappa shape index (κ2) is 6.90. The van der Waals surface area contributed by atoms with Crippen LogP contribution in [0.3, 0.4) is 0 Å². The first-order valence-electron chi connectivity index (χ1n) is 8.62. The van der Waals surface area contributed by atoms with Crippen molar-refractivity contribution in [2.45, 2.75) is 38.2 Å². The van der Waals surface area contributed by atoms with Crippen LogP contribution in [0.5, 0.6) is 0 Å². The topological polar surface area (TPSA) is 86.7 Å². The lowest BCUT2D eigenvalue weighted by Gasteiger charge is -2.06. The number of rotatable bonds is 6. The maximum absolute atomic E-state index is 9.99. The Balaban J connectivity index is 1.62. The predicted octanol–water partition coefficient (Wildman–Crippen LogP) is 3.97. The van der Waals surface area contributed by atoms with E-state index in [1.165, 1.54) is 24.2 Å². The fourth-order valence-corrected chi connectivity index (χ4v) is 3.70. The summed E-state index contributed by atoms with van der Waals surface area (Å²) in [5, 5.41) is 20.5. The summed E-state index contributed by atoms with van der Waals surface area (Å²) in [5.41, 5.74) is 1.72. The number of aliphatic hydroxyl groups is 1. The molecule has 0 amide bonds. The highest BCUT2D eigenvalue weighted by molar-refractivity contribution is 7.15. The quantitative estimate of drug-likeness (QED) is 0.575. The van der Waals surface area contributed by atoms with Crippen molar-refractivity contribution in [1.82, 2.24) is 20.2 Å². The molecule has 7 heteroatoms. The normalized spacial score (nSPS) is 14.8. The second-order valence-electron chi connectivity index (χ2n) is 6.33. The SMILES string of the molecule is C#Cc1cnc(-c2ccc([C@H](O)CC)s2)nc1Nc1cc(C2CC2)[nH]n1. The van der Waals surface area contributed by atoms with Crippen molar-refractivity contribution in [1.29, 1.82) is 0 Å². The molecule has 1 atom stereocenters. The van der Waals surface area contributed by atoms with Gasteiger partial charge < -0.3 is 10.4 Å². The number of H-pyrrole nitrogens is 1. The Bertz CT molecular complexity index is 966. The van der Waals surface area contributed by atoms with Gasteiger partial charge in [-0.3, -0.25) is 5.10 Å². The fourth-order valence-electron chi connectivity index (χ4n) is 2.68. The molecule has 6 nitrogen and oxygen atoms in total. The Labute approximate surface area is 155 Å². The number of thiophene rings is 1. The molecule has 3 aromatic heterocycles. The van der Waals surface area contributed by atoms with Crippen LogP contribution in [0.15, 0.2) is 24.4 Å². The molecule has 0 saturated heterocycles. The van der Waals surface area contributed by atoms with E-state index in [0.29, 0.717) is 35.4 Å². The molecule has 26 heavy (non-hydrogen) atoms. The molecule has 3 N–H and O–H groups in total. The van der Waals surface area contributed by atoms with Crippen LogP contribution < -0.4 is 5.32 Å². The van der Waals surface area contributed by atoms with Crippen LogP contribution >= 0.6 is 11.3 Å². The molecule has 0 spiro atoms. The Hall–Kier alpha value is -2.69. The lowest BCUT2D eigenvalue weighted by molar-refractivity contribution is 0.177. The number of nitrogens with one attached hydrogen (secondary N) is 2. The zero-order valence-electron chi connectivity index (χ0n) is 14.4. The largest absolute Gasteiger partial charge is 0.388 e. The van der Waals surface area contributed by atoms with Crippen molar-refractivity contribution in [3.05, 3.63) is 40.5 Å². The van der Waals surface area contributed by atoms with E-state index in [4.69, 9.17) is 6.42 Å². The Kier molecular flexibility index (Phi) is 4.45. The first kappa shape index (κ1) is 16.8. The van der Waals surface area contributed by atoms with E-state index in [1.807, 2.05) is 25.1 Å². The van der Waals surface area contributed by atoms with Crippen LogP contribution in [0.25, 0.3) is 10.7 Å².